The molecule has 0 aliphatic heterocycles. The molecule has 0 atom stereocenters. The van der Waals surface area contributed by atoms with Gasteiger partial charge in [0.1, 0.15) is 0 Å². The SMILES string of the molecule is CCCCC/C(C)=C/C/C=C/C/C=C/CCCCCCC(=O)O. The van der Waals surface area contributed by atoms with Crippen LogP contribution >= 0.6 is 0 Å². The van der Waals surface area contributed by atoms with E-state index in [1.807, 2.05) is 0 Å². The third-order valence-electron chi connectivity index (χ3n) is 3.89. The van der Waals surface area contributed by atoms with E-state index in [2.05, 4.69) is 44.2 Å². The fourth-order valence-corrected chi connectivity index (χ4v) is 2.40. The van der Waals surface area contributed by atoms with Gasteiger partial charge in [0, 0.05) is 6.42 Å². The standard InChI is InChI=1S/C21H36O2/c1-3-4-14-17-20(2)18-15-12-10-8-6-5-7-9-11-13-16-19-21(22)23/h5-6,10,12,18H,3-4,7-9,11,13-17,19H2,1-2H3,(H,22,23)/b6-5+,12-10+,20-18+. The highest BCUT2D eigenvalue weighted by atomic mass is 16.4. The topological polar surface area (TPSA) is 37.3 Å². The van der Waals surface area contributed by atoms with Gasteiger partial charge in [0.2, 0.25) is 0 Å². The van der Waals surface area contributed by atoms with Crippen molar-refractivity contribution in [2.45, 2.75) is 90.9 Å². The van der Waals surface area contributed by atoms with Crippen molar-refractivity contribution in [2.75, 3.05) is 0 Å². The molecule has 1 N–H and O–H groups in total. The number of rotatable bonds is 15. The van der Waals surface area contributed by atoms with Gasteiger partial charge >= 0.3 is 5.97 Å². The van der Waals surface area contributed by atoms with E-state index in [0.29, 0.717) is 6.42 Å². The zero-order valence-electron chi connectivity index (χ0n) is 15.2. The first-order valence-corrected chi connectivity index (χ1v) is 9.34. The molecule has 0 rings (SSSR count). The Hall–Kier alpha value is -1.31. The Morgan fingerprint density at radius 3 is 2.22 bits per heavy atom. The number of allylic oxidation sites excluding steroid dienone is 6. The van der Waals surface area contributed by atoms with Crippen molar-refractivity contribution < 1.29 is 9.90 Å². The molecular weight excluding hydrogens is 284 g/mol. The first kappa shape index (κ1) is 21.7. The molecule has 2 nitrogen and oxygen atoms in total. The number of aliphatic carboxylic acids is 1. The Labute approximate surface area is 143 Å². The fraction of sp³-hybridized carbons (Fsp3) is 0.667. The Balaban J connectivity index is 3.44. The molecule has 23 heavy (non-hydrogen) atoms. The van der Waals surface area contributed by atoms with Gasteiger partial charge in [0.05, 0.1) is 0 Å². The summed E-state index contributed by atoms with van der Waals surface area (Å²) in [5, 5.41) is 8.53. The van der Waals surface area contributed by atoms with Crippen LogP contribution in [0.5, 0.6) is 0 Å². The monoisotopic (exact) mass is 320 g/mol. The van der Waals surface area contributed by atoms with Crippen LogP contribution in [0.3, 0.4) is 0 Å². The summed E-state index contributed by atoms with van der Waals surface area (Å²) in [7, 11) is 0. The van der Waals surface area contributed by atoms with E-state index >= 15 is 0 Å². The van der Waals surface area contributed by atoms with E-state index < -0.39 is 5.97 Å². The van der Waals surface area contributed by atoms with Crippen LogP contribution in [0.1, 0.15) is 90.9 Å². The van der Waals surface area contributed by atoms with Gasteiger partial charge in [-0.15, -0.1) is 0 Å². The number of hydrogen-bond acceptors (Lipinski definition) is 1. The summed E-state index contributed by atoms with van der Waals surface area (Å²) in [6.07, 6.45) is 24.1. The molecule has 0 spiro atoms. The molecule has 132 valence electrons. The van der Waals surface area contributed by atoms with Crippen molar-refractivity contribution >= 4 is 5.97 Å². The number of carboxylic acids is 1. The number of hydrogen-bond donors (Lipinski definition) is 1. The second-order valence-corrected chi connectivity index (χ2v) is 6.27. The second kappa shape index (κ2) is 17.1. The first-order chi connectivity index (χ1) is 11.2. The zero-order chi connectivity index (χ0) is 17.2. The Morgan fingerprint density at radius 2 is 1.48 bits per heavy atom. The summed E-state index contributed by atoms with van der Waals surface area (Å²) in [5.74, 6) is -0.678. The average Bonchev–Trinajstić information content (AvgIpc) is 2.51. The number of carboxylic acid groups (broad SMARTS) is 1. The van der Waals surface area contributed by atoms with E-state index in [9.17, 15) is 4.79 Å². The minimum atomic E-state index is -0.678. The molecule has 0 aromatic carbocycles. The van der Waals surface area contributed by atoms with Crippen LogP contribution in [0.25, 0.3) is 0 Å². The maximum atomic E-state index is 10.4. The molecule has 0 saturated heterocycles. The van der Waals surface area contributed by atoms with Crippen LogP contribution in [0, 0.1) is 0 Å². The summed E-state index contributed by atoms with van der Waals surface area (Å²) in [6, 6.07) is 0. The van der Waals surface area contributed by atoms with Crippen molar-refractivity contribution in [3.05, 3.63) is 36.0 Å². The molecule has 0 aliphatic rings. The fourth-order valence-electron chi connectivity index (χ4n) is 2.40. The van der Waals surface area contributed by atoms with Gasteiger partial charge in [0.25, 0.3) is 0 Å². The maximum absolute atomic E-state index is 10.4. The summed E-state index contributed by atoms with van der Waals surface area (Å²) in [5.41, 5.74) is 1.52. The van der Waals surface area contributed by atoms with Crippen molar-refractivity contribution in [1.29, 1.82) is 0 Å². The summed E-state index contributed by atoms with van der Waals surface area (Å²) in [6.45, 7) is 4.48. The summed E-state index contributed by atoms with van der Waals surface area (Å²) < 4.78 is 0. The van der Waals surface area contributed by atoms with Crippen molar-refractivity contribution in [2.24, 2.45) is 0 Å². The van der Waals surface area contributed by atoms with Crippen LogP contribution in [-0.2, 0) is 4.79 Å². The average molecular weight is 321 g/mol. The van der Waals surface area contributed by atoms with Crippen LogP contribution in [0.2, 0.25) is 0 Å². The van der Waals surface area contributed by atoms with Gasteiger partial charge < -0.3 is 5.11 Å². The largest absolute Gasteiger partial charge is 0.481 e. The minimum absolute atomic E-state index is 0.313. The van der Waals surface area contributed by atoms with Crippen LogP contribution < -0.4 is 0 Å². The van der Waals surface area contributed by atoms with E-state index in [1.54, 1.807) is 0 Å². The highest BCUT2D eigenvalue weighted by molar-refractivity contribution is 5.66. The van der Waals surface area contributed by atoms with Crippen LogP contribution in [0.15, 0.2) is 36.0 Å². The molecule has 0 radical (unpaired) electrons. The molecular formula is C21H36O2. The van der Waals surface area contributed by atoms with E-state index in [-0.39, 0.29) is 0 Å². The molecule has 0 bridgehead atoms. The van der Waals surface area contributed by atoms with E-state index in [4.69, 9.17) is 5.11 Å². The van der Waals surface area contributed by atoms with Gasteiger partial charge in [0.15, 0.2) is 0 Å². The lowest BCUT2D eigenvalue weighted by molar-refractivity contribution is -0.137. The van der Waals surface area contributed by atoms with Crippen molar-refractivity contribution in [3.8, 4) is 0 Å². The van der Waals surface area contributed by atoms with Crippen molar-refractivity contribution in [3.63, 3.8) is 0 Å². The lowest BCUT2D eigenvalue weighted by Gasteiger charge is -1.98. The van der Waals surface area contributed by atoms with Gasteiger partial charge in [-0.2, -0.15) is 0 Å². The van der Waals surface area contributed by atoms with Gasteiger partial charge in [-0.05, 0) is 51.9 Å². The predicted octanol–water partition coefficient (Wildman–Crippen LogP) is 6.83. The summed E-state index contributed by atoms with van der Waals surface area (Å²) >= 11 is 0. The molecule has 0 saturated carbocycles. The highest BCUT2D eigenvalue weighted by Gasteiger charge is 1.95. The molecule has 0 fully saturated rings. The van der Waals surface area contributed by atoms with Crippen molar-refractivity contribution in [1.82, 2.24) is 0 Å². The van der Waals surface area contributed by atoms with Gasteiger partial charge in [-0.25, -0.2) is 0 Å². The summed E-state index contributed by atoms with van der Waals surface area (Å²) in [4.78, 5) is 10.4. The van der Waals surface area contributed by atoms with E-state index in [1.165, 1.54) is 37.7 Å². The smallest absolute Gasteiger partial charge is 0.303 e. The maximum Gasteiger partial charge on any atom is 0.303 e. The Morgan fingerprint density at radius 1 is 0.826 bits per heavy atom. The third kappa shape index (κ3) is 18.6. The molecule has 0 heterocycles. The second-order valence-electron chi connectivity index (χ2n) is 6.27. The number of unbranched alkanes of at least 4 members (excludes halogenated alkanes) is 6. The first-order valence-electron chi connectivity index (χ1n) is 9.34. The predicted molar refractivity (Wildman–Crippen MR) is 101 cm³/mol. The lowest BCUT2D eigenvalue weighted by Crippen LogP contribution is -1.93. The van der Waals surface area contributed by atoms with Gasteiger partial charge in [-0.1, -0.05) is 68.6 Å². The lowest BCUT2D eigenvalue weighted by atomic mass is 10.1. The normalized spacial score (nSPS) is 12.5. The van der Waals surface area contributed by atoms with Crippen LogP contribution in [0.4, 0.5) is 0 Å². The minimum Gasteiger partial charge on any atom is -0.481 e. The third-order valence-corrected chi connectivity index (χ3v) is 3.89. The van der Waals surface area contributed by atoms with Gasteiger partial charge in [-0.3, -0.25) is 4.79 Å². The number of carbonyl (C=O) groups is 1. The Kier molecular flexibility index (Phi) is 16.1. The molecule has 2 heteroatoms. The Bertz CT molecular complexity index is 364. The highest BCUT2D eigenvalue weighted by Crippen LogP contribution is 2.09. The molecule has 0 aromatic rings. The quantitative estimate of drug-likeness (QED) is 0.265. The van der Waals surface area contributed by atoms with E-state index in [0.717, 1.165) is 38.5 Å². The zero-order valence-corrected chi connectivity index (χ0v) is 15.2. The molecule has 0 aliphatic carbocycles. The molecule has 0 amide bonds. The molecule has 0 aromatic heterocycles. The molecule has 0 unspecified atom stereocenters. The van der Waals surface area contributed by atoms with Crippen LogP contribution in [-0.4, -0.2) is 11.1 Å².